The summed E-state index contributed by atoms with van der Waals surface area (Å²) < 4.78 is 0. The van der Waals surface area contributed by atoms with E-state index in [0.29, 0.717) is 12.2 Å². The number of phenols is 1. The van der Waals surface area contributed by atoms with Gasteiger partial charge in [0.15, 0.2) is 0 Å². The molecule has 0 spiro atoms. The van der Waals surface area contributed by atoms with E-state index in [0.717, 1.165) is 16.7 Å². The molecule has 0 amide bonds. The van der Waals surface area contributed by atoms with Gasteiger partial charge in [-0.3, -0.25) is 4.79 Å². The van der Waals surface area contributed by atoms with E-state index >= 15 is 0 Å². The second-order valence-electron chi connectivity index (χ2n) is 5.86. The van der Waals surface area contributed by atoms with E-state index in [1.165, 1.54) is 0 Å². The van der Waals surface area contributed by atoms with Gasteiger partial charge in [-0.1, -0.05) is 19.9 Å². The molecule has 0 aliphatic heterocycles. The Morgan fingerprint density at radius 1 is 1.33 bits per heavy atom. The topological polar surface area (TPSA) is 57.5 Å². The number of benzene rings is 1. The van der Waals surface area contributed by atoms with Gasteiger partial charge in [0.2, 0.25) is 0 Å². The Balaban J connectivity index is 3.18. The summed E-state index contributed by atoms with van der Waals surface area (Å²) in [7, 11) is 0. The van der Waals surface area contributed by atoms with Crippen molar-refractivity contribution in [2.75, 3.05) is 0 Å². The minimum atomic E-state index is -0.805. The standard InChI is InChI=1S/C15H22O3/c1-9(2)12-7-11(10(3)6-13(12)16)8-15(4,5)14(17)18/h6-7,9,16H,8H2,1-5H3,(H,17,18). The Morgan fingerprint density at radius 3 is 2.33 bits per heavy atom. The molecule has 0 atom stereocenters. The number of aliphatic carboxylic acids is 1. The number of carbonyl (C=O) groups is 1. The highest BCUT2D eigenvalue weighted by Gasteiger charge is 2.28. The predicted octanol–water partition coefficient (Wildman–Crippen LogP) is 3.48. The Bertz CT molecular complexity index is 459. The smallest absolute Gasteiger partial charge is 0.309 e. The van der Waals surface area contributed by atoms with Gasteiger partial charge in [-0.2, -0.15) is 0 Å². The lowest BCUT2D eigenvalue weighted by Gasteiger charge is -2.22. The Morgan fingerprint density at radius 2 is 1.89 bits per heavy atom. The van der Waals surface area contributed by atoms with Crippen molar-refractivity contribution in [1.29, 1.82) is 0 Å². The van der Waals surface area contributed by atoms with Crippen LogP contribution in [0.2, 0.25) is 0 Å². The lowest BCUT2D eigenvalue weighted by Crippen LogP contribution is -2.26. The van der Waals surface area contributed by atoms with Gasteiger partial charge in [-0.05, 0) is 55.9 Å². The molecule has 1 rings (SSSR count). The molecule has 3 heteroatoms. The molecule has 1 aromatic rings. The van der Waals surface area contributed by atoms with E-state index in [1.807, 2.05) is 26.8 Å². The molecule has 0 radical (unpaired) electrons. The summed E-state index contributed by atoms with van der Waals surface area (Å²) in [5, 5.41) is 19.1. The van der Waals surface area contributed by atoms with Crippen LogP contribution >= 0.6 is 0 Å². The molecule has 2 N–H and O–H groups in total. The summed E-state index contributed by atoms with van der Waals surface area (Å²) in [6.45, 7) is 9.36. The van der Waals surface area contributed by atoms with Crippen LogP contribution in [-0.4, -0.2) is 16.2 Å². The average molecular weight is 250 g/mol. The number of aromatic hydroxyl groups is 1. The summed E-state index contributed by atoms with van der Waals surface area (Å²) in [5.41, 5.74) is 2.00. The van der Waals surface area contributed by atoms with Gasteiger partial charge in [0, 0.05) is 0 Å². The molecule has 0 aromatic heterocycles. The van der Waals surface area contributed by atoms with Crippen molar-refractivity contribution in [3.63, 3.8) is 0 Å². The van der Waals surface area contributed by atoms with Gasteiger partial charge < -0.3 is 10.2 Å². The highest BCUT2D eigenvalue weighted by atomic mass is 16.4. The van der Waals surface area contributed by atoms with Crippen molar-refractivity contribution in [2.45, 2.75) is 47.0 Å². The number of hydrogen-bond acceptors (Lipinski definition) is 2. The van der Waals surface area contributed by atoms with Gasteiger partial charge in [0.05, 0.1) is 5.41 Å². The van der Waals surface area contributed by atoms with E-state index in [2.05, 4.69) is 0 Å². The largest absolute Gasteiger partial charge is 0.508 e. The molecule has 0 fully saturated rings. The minimum absolute atomic E-state index is 0.220. The van der Waals surface area contributed by atoms with E-state index in [9.17, 15) is 15.0 Å². The maximum atomic E-state index is 11.2. The Labute approximate surface area is 108 Å². The van der Waals surface area contributed by atoms with Crippen LogP contribution in [0.3, 0.4) is 0 Å². The third-order valence-electron chi connectivity index (χ3n) is 3.32. The van der Waals surface area contributed by atoms with Crippen molar-refractivity contribution >= 4 is 5.97 Å². The molecule has 0 aliphatic carbocycles. The Hall–Kier alpha value is -1.51. The first kappa shape index (κ1) is 14.6. The summed E-state index contributed by atoms with van der Waals surface area (Å²) in [5.74, 6) is -0.294. The van der Waals surface area contributed by atoms with Gasteiger partial charge in [-0.25, -0.2) is 0 Å². The molecule has 0 heterocycles. The van der Waals surface area contributed by atoms with Crippen LogP contribution in [-0.2, 0) is 11.2 Å². The first-order chi connectivity index (χ1) is 8.15. The van der Waals surface area contributed by atoms with Crippen molar-refractivity contribution in [1.82, 2.24) is 0 Å². The number of aryl methyl sites for hydroxylation is 1. The molecular weight excluding hydrogens is 228 g/mol. The zero-order valence-electron chi connectivity index (χ0n) is 11.7. The fraction of sp³-hybridized carbons (Fsp3) is 0.533. The lowest BCUT2D eigenvalue weighted by atomic mass is 9.83. The van der Waals surface area contributed by atoms with Crippen molar-refractivity contribution in [3.05, 3.63) is 28.8 Å². The first-order valence-corrected chi connectivity index (χ1v) is 6.21. The predicted molar refractivity (Wildman–Crippen MR) is 72.1 cm³/mol. The first-order valence-electron chi connectivity index (χ1n) is 6.21. The number of carboxylic acid groups (broad SMARTS) is 1. The van der Waals surface area contributed by atoms with Crippen LogP contribution < -0.4 is 0 Å². The molecule has 100 valence electrons. The van der Waals surface area contributed by atoms with Crippen molar-refractivity contribution < 1.29 is 15.0 Å². The summed E-state index contributed by atoms with van der Waals surface area (Å²) in [6.07, 6.45) is 0.466. The molecule has 0 saturated carbocycles. The summed E-state index contributed by atoms with van der Waals surface area (Å²) >= 11 is 0. The van der Waals surface area contributed by atoms with E-state index < -0.39 is 11.4 Å². The quantitative estimate of drug-likeness (QED) is 0.860. The lowest BCUT2D eigenvalue weighted by molar-refractivity contribution is -0.146. The zero-order chi connectivity index (χ0) is 14.1. The van der Waals surface area contributed by atoms with Crippen LogP contribution in [0.1, 0.15) is 50.3 Å². The van der Waals surface area contributed by atoms with E-state index in [-0.39, 0.29) is 5.92 Å². The third kappa shape index (κ3) is 3.03. The van der Waals surface area contributed by atoms with Crippen molar-refractivity contribution in [2.24, 2.45) is 5.41 Å². The second kappa shape index (κ2) is 5.01. The summed E-state index contributed by atoms with van der Waals surface area (Å²) in [6, 6.07) is 3.66. The fourth-order valence-corrected chi connectivity index (χ4v) is 1.96. The third-order valence-corrected chi connectivity index (χ3v) is 3.32. The average Bonchev–Trinajstić information content (AvgIpc) is 2.21. The maximum Gasteiger partial charge on any atom is 0.309 e. The SMILES string of the molecule is Cc1cc(O)c(C(C)C)cc1CC(C)(C)C(=O)O. The van der Waals surface area contributed by atoms with Gasteiger partial charge >= 0.3 is 5.97 Å². The van der Waals surface area contributed by atoms with Crippen molar-refractivity contribution in [3.8, 4) is 5.75 Å². The molecule has 18 heavy (non-hydrogen) atoms. The van der Waals surface area contributed by atoms with Crippen LogP contribution in [0.5, 0.6) is 5.75 Å². The zero-order valence-corrected chi connectivity index (χ0v) is 11.7. The molecule has 1 aromatic carbocycles. The second-order valence-corrected chi connectivity index (χ2v) is 5.86. The molecule has 0 saturated heterocycles. The van der Waals surface area contributed by atoms with Crippen LogP contribution in [0, 0.1) is 12.3 Å². The maximum absolute atomic E-state index is 11.2. The highest BCUT2D eigenvalue weighted by Crippen LogP contribution is 2.32. The number of carboxylic acids is 1. The van der Waals surface area contributed by atoms with Gasteiger partial charge in [0.1, 0.15) is 5.75 Å². The molecular formula is C15H22O3. The monoisotopic (exact) mass is 250 g/mol. The van der Waals surface area contributed by atoms with E-state index in [4.69, 9.17) is 0 Å². The van der Waals surface area contributed by atoms with E-state index in [1.54, 1.807) is 19.9 Å². The molecule has 3 nitrogen and oxygen atoms in total. The Kier molecular flexibility index (Phi) is 4.05. The van der Waals surface area contributed by atoms with Crippen LogP contribution in [0.4, 0.5) is 0 Å². The number of rotatable bonds is 4. The molecule has 0 unspecified atom stereocenters. The number of hydrogen-bond donors (Lipinski definition) is 2. The number of phenolic OH excluding ortho intramolecular Hbond substituents is 1. The highest BCUT2D eigenvalue weighted by molar-refractivity contribution is 5.74. The van der Waals surface area contributed by atoms with Gasteiger partial charge in [0.25, 0.3) is 0 Å². The van der Waals surface area contributed by atoms with Crippen LogP contribution in [0.15, 0.2) is 12.1 Å². The minimum Gasteiger partial charge on any atom is -0.508 e. The fourth-order valence-electron chi connectivity index (χ4n) is 1.96. The van der Waals surface area contributed by atoms with Gasteiger partial charge in [-0.15, -0.1) is 0 Å². The summed E-state index contributed by atoms with van der Waals surface area (Å²) in [4.78, 5) is 11.2. The molecule has 0 bridgehead atoms. The normalized spacial score (nSPS) is 11.9. The molecule has 0 aliphatic rings. The van der Waals surface area contributed by atoms with Crippen LogP contribution in [0.25, 0.3) is 0 Å².